The van der Waals surface area contributed by atoms with Crippen LogP contribution in [0, 0.1) is 5.41 Å². The first-order valence-electron chi connectivity index (χ1n) is 6.95. The number of halogens is 2. The van der Waals surface area contributed by atoms with Crippen molar-refractivity contribution in [1.29, 1.82) is 0 Å². The number of ether oxygens (including phenoxy) is 1. The van der Waals surface area contributed by atoms with Crippen LogP contribution in [-0.4, -0.2) is 19.2 Å². The maximum atomic E-state index is 6.26. The molecule has 19 heavy (non-hydrogen) atoms. The van der Waals surface area contributed by atoms with E-state index in [0.717, 1.165) is 21.7 Å². The van der Waals surface area contributed by atoms with Crippen LogP contribution in [0.1, 0.15) is 32.1 Å². The first-order valence-corrected chi connectivity index (χ1v) is 8.12. The lowest BCUT2D eigenvalue weighted by molar-refractivity contribution is -0.0739. The van der Waals surface area contributed by atoms with Crippen LogP contribution in [0.5, 0.6) is 5.75 Å². The van der Waals surface area contributed by atoms with Gasteiger partial charge in [-0.1, -0.05) is 24.4 Å². The summed E-state index contributed by atoms with van der Waals surface area (Å²) < 4.78 is 7.21. The van der Waals surface area contributed by atoms with Gasteiger partial charge < -0.3 is 10.1 Å². The van der Waals surface area contributed by atoms with Gasteiger partial charge in [0.15, 0.2) is 0 Å². The highest BCUT2D eigenvalue weighted by Crippen LogP contribution is 2.54. The van der Waals surface area contributed by atoms with Crippen LogP contribution in [0.2, 0.25) is 5.02 Å². The molecule has 0 amide bonds. The fourth-order valence-corrected chi connectivity index (χ4v) is 4.52. The van der Waals surface area contributed by atoms with E-state index in [0.29, 0.717) is 17.6 Å². The molecule has 2 aliphatic rings. The highest BCUT2D eigenvalue weighted by atomic mass is 79.9. The summed E-state index contributed by atoms with van der Waals surface area (Å²) in [6, 6.07) is 6.36. The Labute approximate surface area is 128 Å². The van der Waals surface area contributed by atoms with Gasteiger partial charge in [-0.15, -0.1) is 0 Å². The second-order valence-corrected chi connectivity index (χ2v) is 6.99. The standard InChI is InChI=1S/C15H19BrClNO/c1-18-13-9-14(15(13)6-2-3-7-15)19-12-5-4-10(17)8-11(12)16/h4-5,8,13-14,18H,2-3,6-7,9H2,1H3. The summed E-state index contributed by atoms with van der Waals surface area (Å²) >= 11 is 9.51. The molecule has 2 nitrogen and oxygen atoms in total. The Morgan fingerprint density at radius 2 is 2.11 bits per heavy atom. The smallest absolute Gasteiger partial charge is 0.134 e. The van der Waals surface area contributed by atoms with E-state index in [-0.39, 0.29) is 0 Å². The number of rotatable bonds is 3. The average Bonchev–Trinajstić information content (AvgIpc) is 2.88. The van der Waals surface area contributed by atoms with E-state index < -0.39 is 0 Å². The van der Waals surface area contributed by atoms with Gasteiger partial charge in [0.05, 0.1) is 4.47 Å². The fourth-order valence-electron chi connectivity index (χ4n) is 3.75. The molecule has 0 bridgehead atoms. The van der Waals surface area contributed by atoms with Gasteiger partial charge in [-0.25, -0.2) is 0 Å². The van der Waals surface area contributed by atoms with E-state index in [1.807, 2.05) is 18.2 Å². The van der Waals surface area contributed by atoms with Crippen LogP contribution < -0.4 is 10.1 Å². The van der Waals surface area contributed by atoms with Gasteiger partial charge in [0, 0.05) is 22.9 Å². The first kappa shape index (κ1) is 13.7. The molecule has 1 N–H and O–H groups in total. The van der Waals surface area contributed by atoms with Crippen molar-refractivity contribution in [3.8, 4) is 5.75 Å². The van der Waals surface area contributed by atoms with Crippen molar-refractivity contribution >= 4 is 27.5 Å². The van der Waals surface area contributed by atoms with Crippen LogP contribution in [0.15, 0.2) is 22.7 Å². The van der Waals surface area contributed by atoms with Gasteiger partial charge in [-0.2, -0.15) is 0 Å². The molecule has 0 aliphatic heterocycles. The lowest BCUT2D eigenvalue weighted by Crippen LogP contribution is -2.63. The van der Waals surface area contributed by atoms with Crippen LogP contribution in [-0.2, 0) is 0 Å². The number of hydrogen-bond acceptors (Lipinski definition) is 2. The zero-order chi connectivity index (χ0) is 13.5. The summed E-state index contributed by atoms with van der Waals surface area (Å²) in [6.07, 6.45) is 6.68. The van der Waals surface area contributed by atoms with Crippen LogP contribution in [0.4, 0.5) is 0 Å². The SMILES string of the molecule is CNC1CC(Oc2ccc(Cl)cc2Br)C12CCCC2. The Bertz CT molecular complexity index is 473. The molecule has 4 heteroatoms. The first-order chi connectivity index (χ1) is 9.15. The zero-order valence-electron chi connectivity index (χ0n) is 11.1. The molecule has 104 valence electrons. The molecule has 2 fully saturated rings. The third-order valence-corrected chi connectivity index (χ3v) is 5.69. The van der Waals surface area contributed by atoms with Gasteiger partial charge in [0.1, 0.15) is 11.9 Å². The van der Waals surface area contributed by atoms with Gasteiger partial charge in [0.2, 0.25) is 0 Å². The van der Waals surface area contributed by atoms with Gasteiger partial charge >= 0.3 is 0 Å². The number of benzene rings is 1. The van der Waals surface area contributed by atoms with Gasteiger partial charge in [-0.3, -0.25) is 0 Å². The summed E-state index contributed by atoms with van der Waals surface area (Å²) in [5.41, 5.74) is 0.355. The molecule has 0 aromatic heterocycles. The molecule has 2 unspecified atom stereocenters. The Hall–Kier alpha value is -0.250. The molecular formula is C15H19BrClNO. The van der Waals surface area contributed by atoms with Crippen molar-refractivity contribution in [3.63, 3.8) is 0 Å². The van der Waals surface area contributed by atoms with Gasteiger partial charge in [0.25, 0.3) is 0 Å². The lowest BCUT2D eigenvalue weighted by Gasteiger charge is -2.53. The molecule has 2 aliphatic carbocycles. The maximum Gasteiger partial charge on any atom is 0.134 e. The quantitative estimate of drug-likeness (QED) is 0.877. The van der Waals surface area contributed by atoms with E-state index in [4.69, 9.17) is 16.3 Å². The summed E-state index contributed by atoms with van der Waals surface area (Å²) in [7, 11) is 2.07. The van der Waals surface area contributed by atoms with Crippen molar-refractivity contribution in [1.82, 2.24) is 5.32 Å². The van der Waals surface area contributed by atoms with Crippen LogP contribution >= 0.6 is 27.5 Å². The van der Waals surface area contributed by atoms with Crippen molar-refractivity contribution in [2.75, 3.05) is 7.05 Å². The Kier molecular flexibility index (Phi) is 3.80. The van der Waals surface area contributed by atoms with E-state index in [2.05, 4.69) is 28.3 Å². The third-order valence-electron chi connectivity index (χ3n) is 4.83. The minimum Gasteiger partial charge on any atom is -0.489 e. The molecule has 1 aromatic carbocycles. The molecule has 0 heterocycles. The highest BCUT2D eigenvalue weighted by Gasteiger charge is 2.57. The number of hydrogen-bond donors (Lipinski definition) is 1. The molecule has 3 rings (SSSR count). The fraction of sp³-hybridized carbons (Fsp3) is 0.600. The van der Waals surface area contributed by atoms with Crippen molar-refractivity contribution in [3.05, 3.63) is 27.7 Å². The summed E-state index contributed by atoms with van der Waals surface area (Å²) in [5, 5.41) is 4.19. The predicted octanol–water partition coefficient (Wildman–Crippen LogP) is 4.40. The third kappa shape index (κ3) is 2.30. The highest BCUT2D eigenvalue weighted by molar-refractivity contribution is 9.10. The van der Waals surface area contributed by atoms with Crippen LogP contribution in [0.25, 0.3) is 0 Å². The maximum absolute atomic E-state index is 6.26. The van der Waals surface area contributed by atoms with Crippen molar-refractivity contribution < 1.29 is 4.74 Å². The molecule has 0 saturated heterocycles. The molecule has 1 spiro atoms. The largest absolute Gasteiger partial charge is 0.489 e. The average molecular weight is 345 g/mol. The number of nitrogens with one attached hydrogen (secondary N) is 1. The van der Waals surface area contributed by atoms with Crippen molar-refractivity contribution in [2.45, 2.75) is 44.2 Å². The Morgan fingerprint density at radius 1 is 1.37 bits per heavy atom. The normalized spacial score (nSPS) is 28.4. The summed E-state index contributed by atoms with van der Waals surface area (Å²) in [6.45, 7) is 0. The summed E-state index contributed by atoms with van der Waals surface area (Å²) in [4.78, 5) is 0. The summed E-state index contributed by atoms with van der Waals surface area (Å²) in [5.74, 6) is 0.912. The van der Waals surface area contributed by atoms with E-state index >= 15 is 0 Å². The topological polar surface area (TPSA) is 21.3 Å². The molecular weight excluding hydrogens is 326 g/mol. The molecule has 1 aromatic rings. The second-order valence-electron chi connectivity index (χ2n) is 5.70. The Balaban J connectivity index is 1.77. The minimum atomic E-state index is 0.338. The van der Waals surface area contributed by atoms with Crippen molar-refractivity contribution in [2.24, 2.45) is 5.41 Å². The minimum absolute atomic E-state index is 0.338. The Morgan fingerprint density at radius 3 is 2.74 bits per heavy atom. The van der Waals surface area contributed by atoms with Crippen LogP contribution in [0.3, 0.4) is 0 Å². The van der Waals surface area contributed by atoms with E-state index in [1.54, 1.807) is 0 Å². The van der Waals surface area contributed by atoms with Gasteiger partial charge in [-0.05, 0) is 54.0 Å². The zero-order valence-corrected chi connectivity index (χ0v) is 13.4. The van der Waals surface area contributed by atoms with E-state index in [1.165, 1.54) is 25.7 Å². The molecule has 2 atom stereocenters. The predicted molar refractivity (Wildman–Crippen MR) is 81.9 cm³/mol. The molecule has 0 radical (unpaired) electrons. The lowest BCUT2D eigenvalue weighted by atomic mass is 9.60. The van der Waals surface area contributed by atoms with E-state index in [9.17, 15) is 0 Å². The second kappa shape index (κ2) is 5.27. The molecule has 2 saturated carbocycles. The monoisotopic (exact) mass is 343 g/mol.